The van der Waals surface area contributed by atoms with E-state index < -0.39 is 72.7 Å². The number of aromatic nitrogens is 2. The SMILES string of the molecule is NC(=O)CCC(NC(=O)C(N)Cc1cnc[nH]1)C(=O)NC(CO)C(=O)NC(CC(N)=O)C(=O)O. The second-order valence-electron chi connectivity index (χ2n) is 7.27. The number of imidazole rings is 1. The predicted octanol–water partition coefficient (Wildman–Crippen LogP) is -5.05. The molecule has 0 saturated carbocycles. The fourth-order valence-corrected chi connectivity index (χ4v) is 2.70. The van der Waals surface area contributed by atoms with E-state index in [1.807, 2.05) is 5.32 Å². The molecule has 0 aliphatic rings. The third-order valence-electron chi connectivity index (χ3n) is 4.48. The maximum absolute atomic E-state index is 12.7. The lowest BCUT2D eigenvalue weighted by Gasteiger charge is -2.24. The Balaban J connectivity index is 2.86. The molecule has 1 aromatic heterocycles. The Bertz CT molecular complexity index is 891. The van der Waals surface area contributed by atoms with Crippen LogP contribution in [0.4, 0.5) is 0 Å². The average Bonchev–Trinajstić information content (AvgIpc) is 3.26. The fourth-order valence-electron chi connectivity index (χ4n) is 2.70. The molecule has 0 aliphatic heterocycles. The highest BCUT2D eigenvalue weighted by Gasteiger charge is 2.30. The van der Waals surface area contributed by atoms with Crippen molar-refractivity contribution in [3.63, 3.8) is 0 Å². The number of nitrogens with one attached hydrogen (secondary N) is 4. The van der Waals surface area contributed by atoms with E-state index in [2.05, 4.69) is 20.6 Å². The summed E-state index contributed by atoms with van der Waals surface area (Å²) in [5.74, 6) is -6.18. The number of carbonyl (C=O) groups is 6. The lowest BCUT2D eigenvalue weighted by Crippen LogP contribution is -2.58. The third kappa shape index (κ3) is 9.61. The van der Waals surface area contributed by atoms with E-state index in [0.717, 1.165) is 0 Å². The lowest BCUT2D eigenvalue weighted by atomic mass is 10.1. The van der Waals surface area contributed by atoms with Crippen molar-refractivity contribution < 1.29 is 39.0 Å². The van der Waals surface area contributed by atoms with Crippen LogP contribution in [0.2, 0.25) is 0 Å². The number of carboxylic acid groups (broad SMARTS) is 1. The molecule has 34 heavy (non-hydrogen) atoms. The van der Waals surface area contributed by atoms with Crippen molar-refractivity contribution in [2.24, 2.45) is 17.2 Å². The van der Waals surface area contributed by atoms with Crippen molar-refractivity contribution in [1.29, 1.82) is 0 Å². The number of rotatable bonds is 15. The second kappa shape index (κ2) is 13.5. The van der Waals surface area contributed by atoms with E-state index in [4.69, 9.17) is 22.3 Å². The largest absolute Gasteiger partial charge is 0.480 e. The summed E-state index contributed by atoms with van der Waals surface area (Å²) in [4.78, 5) is 77.3. The molecule has 188 valence electrons. The molecule has 0 spiro atoms. The van der Waals surface area contributed by atoms with Crippen molar-refractivity contribution in [1.82, 2.24) is 25.9 Å². The molecule has 0 aromatic carbocycles. The Morgan fingerprint density at radius 2 is 1.53 bits per heavy atom. The third-order valence-corrected chi connectivity index (χ3v) is 4.48. The summed E-state index contributed by atoms with van der Waals surface area (Å²) in [5, 5.41) is 25.0. The average molecular weight is 484 g/mol. The number of aromatic amines is 1. The molecular weight excluding hydrogens is 456 g/mol. The summed E-state index contributed by atoms with van der Waals surface area (Å²) in [6.45, 7) is -0.948. The van der Waals surface area contributed by atoms with Crippen LogP contribution in [0, 0.1) is 0 Å². The minimum atomic E-state index is -1.69. The van der Waals surface area contributed by atoms with Gasteiger partial charge in [-0.3, -0.25) is 24.0 Å². The van der Waals surface area contributed by atoms with Crippen LogP contribution in [0.5, 0.6) is 0 Å². The summed E-state index contributed by atoms with van der Waals surface area (Å²) in [5.41, 5.74) is 16.4. The number of nitrogens with two attached hydrogens (primary N) is 3. The zero-order valence-corrected chi connectivity index (χ0v) is 18.0. The van der Waals surface area contributed by atoms with E-state index in [-0.39, 0.29) is 19.3 Å². The second-order valence-corrected chi connectivity index (χ2v) is 7.27. The number of hydrogen-bond donors (Lipinski definition) is 9. The number of primary amides is 2. The van der Waals surface area contributed by atoms with Gasteiger partial charge in [0.25, 0.3) is 0 Å². The smallest absolute Gasteiger partial charge is 0.326 e. The number of aliphatic hydroxyl groups is 1. The van der Waals surface area contributed by atoms with Crippen LogP contribution in [-0.2, 0) is 35.2 Å². The standard InChI is InChI=1S/C18H28N8O8/c19-9(3-8-5-22-7-23-8)15(30)24-10(1-2-13(20)28)16(31)26-12(6-27)17(32)25-11(18(33)34)4-14(21)29/h5,7,9-12,27H,1-4,6,19H2,(H2,20,28)(H2,21,29)(H,22,23)(H,24,30)(H,25,32)(H,26,31)(H,33,34). The molecular formula is C18H28N8O8. The highest BCUT2D eigenvalue weighted by Crippen LogP contribution is 2.03. The first-order valence-electron chi connectivity index (χ1n) is 9.98. The molecule has 0 radical (unpaired) electrons. The van der Waals surface area contributed by atoms with Crippen LogP contribution in [0.15, 0.2) is 12.5 Å². The van der Waals surface area contributed by atoms with Gasteiger partial charge >= 0.3 is 5.97 Å². The van der Waals surface area contributed by atoms with Gasteiger partial charge in [-0.15, -0.1) is 0 Å². The van der Waals surface area contributed by atoms with Gasteiger partial charge in [-0.25, -0.2) is 9.78 Å². The van der Waals surface area contributed by atoms with Gasteiger partial charge in [0.05, 0.1) is 25.4 Å². The topological polar surface area (TPSA) is 286 Å². The summed E-state index contributed by atoms with van der Waals surface area (Å²) in [6, 6.07) is -5.79. The van der Waals surface area contributed by atoms with Gasteiger partial charge in [-0.1, -0.05) is 0 Å². The first kappa shape index (κ1) is 28.0. The molecule has 16 heteroatoms. The normalized spacial score (nSPS) is 14.2. The van der Waals surface area contributed by atoms with E-state index in [9.17, 15) is 33.9 Å². The summed E-state index contributed by atoms with van der Waals surface area (Å²) >= 11 is 0. The Kier molecular flexibility index (Phi) is 11.1. The minimum Gasteiger partial charge on any atom is -0.480 e. The van der Waals surface area contributed by atoms with E-state index in [1.54, 1.807) is 0 Å². The van der Waals surface area contributed by atoms with Crippen molar-refractivity contribution in [2.45, 2.75) is 49.9 Å². The molecule has 4 unspecified atom stereocenters. The quantitative estimate of drug-likeness (QED) is 0.114. The molecule has 0 fully saturated rings. The number of aliphatic hydroxyl groups excluding tert-OH is 1. The molecule has 0 bridgehead atoms. The zero-order valence-electron chi connectivity index (χ0n) is 18.0. The molecule has 5 amide bonds. The maximum Gasteiger partial charge on any atom is 0.326 e. The lowest BCUT2D eigenvalue weighted by molar-refractivity contribution is -0.144. The van der Waals surface area contributed by atoms with Crippen molar-refractivity contribution >= 4 is 35.5 Å². The molecule has 12 N–H and O–H groups in total. The number of amides is 5. The number of hydrogen-bond acceptors (Lipinski definition) is 9. The summed E-state index contributed by atoms with van der Waals surface area (Å²) < 4.78 is 0. The number of H-pyrrole nitrogens is 1. The van der Waals surface area contributed by atoms with E-state index >= 15 is 0 Å². The monoisotopic (exact) mass is 484 g/mol. The maximum atomic E-state index is 12.7. The van der Waals surface area contributed by atoms with Crippen LogP contribution in [0.1, 0.15) is 25.0 Å². The van der Waals surface area contributed by atoms with Gasteiger partial charge < -0.3 is 48.3 Å². The summed E-state index contributed by atoms with van der Waals surface area (Å²) in [6.07, 6.45) is 1.64. The highest BCUT2D eigenvalue weighted by molar-refractivity contribution is 5.95. The van der Waals surface area contributed by atoms with Gasteiger partial charge in [0.15, 0.2) is 0 Å². The molecule has 0 saturated heterocycles. The number of carboxylic acids is 1. The first-order valence-corrected chi connectivity index (χ1v) is 9.98. The number of aliphatic carboxylic acids is 1. The van der Waals surface area contributed by atoms with Gasteiger partial charge in [0, 0.05) is 24.7 Å². The molecule has 1 heterocycles. The van der Waals surface area contributed by atoms with Gasteiger partial charge in [-0.2, -0.15) is 0 Å². The zero-order chi connectivity index (χ0) is 25.8. The van der Waals surface area contributed by atoms with E-state index in [1.165, 1.54) is 12.5 Å². The Morgan fingerprint density at radius 3 is 2.03 bits per heavy atom. The van der Waals surface area contributed by atoms with Crippen LogP contribution < -0.4 is 33.2 Å². The Labute approximate surface area is 193 Å². The van der Waals surface area contributed by atoms with Gasteiger partial charge in [0.1, 0.15) is 18.1 Å². The van der Waals surface area contributed by atoms with Crippen LogP contribution in [0.3, 0.4) is 0 Å². The van der Waals surface area contributed by atoms with Gasteiger partial charge in [-0.05, 0) is 6.42 Å². The Hall–Kier alpha value is -4.05. The highest BCUT2D eigenvalue weighted by atomic mass is 16.4. The Morgan fingerprint density at radius 1 is 0.941 bits per heavy atom. The first-order chi connectivity index (χ1) is 15.9. The molecule has 16 nitrogen and oxygen atoms in total. The number of nitrogens with zero attached hydrogens (tertiary/aromatic N) is 1. The molecule has 4 atom stereocenters. The molecule has 1 rings (SSSR count). The van der Waals surface area contributed by atoms with Gasteiger partial charge in [0.2, 0.25) is 29.5 Å². The molecule has 0 aliphatic carbocycles. The predicted molar refractivity (Wildman–Crippen MR) is 113 cm³/mol. The summed E-state index contributed by atoms with van der Waals surface area (Å²) in [7, 11) is 0. The van der Waals surface area contributed by atoms with Crippen LogP contribution in [-0.4, -0.2) is 86.5 Å². The molecule has 1 aromatic rings. The van der Waals surface area contributed by atoms with Crippen LogP contribution in [0.25, 0.3) is 0 Å². The fraction of sp³-hybridized carbons (Fsp3) is 0.500. The number of carbonyl (C=O) groups excluding carboxylic acids is 5. The van der Waals surface area contributed by atoms with Crippen molar-refractivity contribution in [3.05, 3.63) is 18.2 Å². The van der Waals surface area contributed by atoms with Crippen molar-refractivity contribution in [2.75, 3.05) is 6.61 Å². The van der Waals surface area contributed by atoms with Crippen LogP contribution >= 0.6 is 0 Å². The van der Waals surface area contributed by atoms with Crippen molar-refractivity contribution in [3.8, 4) is 0 Å². The minimum absolute atomic E-state index is 0.0636. The van der Waals surface area contributed by atoms with E-state index in [0.29, 0.717) is 5.69 Å².